The van der Waals surface area contributed by atoms with Crippen molar-refractivity contribution in [3.63, 3.8) is 0 Å². The first-order valence-electron chi connectivity index (χ1n) is 15.3. The van der Waals surface area contributed by atoms with Gasteiger partial charge < -0.3 is 30.7 Å². The third-order valence-electron chi connectivity index (χ3n) is 8.02. The van der Waals surface area contributed by atoms with Crippen LogP contribution in [0.3, 0.4) is 0 Å². The van der Waals surface area contributed by atoms with Crippen LogP contribution in [-0.2, 0) is 24.1 Å². The van der Waals surface area contributed by atoms with Crippen LogP contribution in [-0.4, -0.2) is 52.0 Å². The van der Waals surface area contributed by atoms with E-state index < -0.39 is 28.7 Å². The van der Waals surface area contributed by atoms with E-state index in [0.29, 0.717) is 57.7 Å². The van der Waals surface area contributed by atoms with Gasteiger partial charge in [0.25, 0.3) is 0 Å². The molecule has 0 saturated heterocycles. The molecule has 0 bridgehead atoms. The second-order valence-corrected chi connectivity index (χ2v) is 12.6. The largest absolute Gasteiger partial charge is 0.417 e. The van der Waals surface area contributed by atoms with Gasteiger partial charge in [-0.2, -0.15) is 13.2 Å². The van der Waals surface area contributed by atoms with Crippen molar-refractivity contribution >= 4 is 57.4 Å². The molecule has 14 heteroatoms. The number of alkyl halides is 3. The molecule has 1 atom stereocenters. The molecule has 258 valence electrons. The summed E-state index contributed by atoms with van der Waals surface area (Å²) >= 11 is 18.1. The van der Waals surface area contributed by atoms with Crippen molar-refractivity contribution in [3.05, 3.63) is 116 Å². The standard InChI is InChI=1S/C35H33Cl3F3N5O3/c36-27-8-2-22(15-26(27)35(39,40)41)20-46-32-10-5-24(30(18-33(42)49)43-19-21-1-9-28(37)29(38)16-21)17-31(32)44-34(46)23-3-6-25(7-4-23)45(11-13-47)12-14-48/h1-10,15-17,30,43,47-48H,11-14,18-20H2,(H2,42,49). The highest BCUT2D eigenvalue weighted by Crippen LogP contribution is 2.36. The molecule has 5 N–H and O–H groups in total. The molecule has 0 aliphatic rings. The Hall–Kier alpha value is -3.84. The number of nitrogens with zero attached hydrogens (tertiary/aromatic N) is 3. The van der Waals surface area contributed by atoms with E-state index in [1.54, 1.807) is 18.2 Å². The van der Waals surface area contributed by atoms with Gasteiger partial charge in [-0.05, 0) is 77.4 Å². The van der Waals surface area contributed by atoms with Crippen LogP contribution in [0.15, 0.2) is 78.9 Å². The fraction of sp³-hybridized carbons (Fsp3) is 0.257. The molecule has 1 aromatic heterocycles. The Morgan fingerprint density at radius 3 is 2.18 bits per heavy atom. The summed E-state index contributed by atoms with van der Waals surface area (Å²) in [6, 6.07) is 21.3. The normalized spacial score (nSPS) is 12.4. The minimum Gasteiger partial charge on any atom is -0.395 e. The maximum absolute atomic E-state index is 13.7. The average Bonchev–Trinajstić information content (AvgIpc) is 3.42. The third-order valence-corrected chi connectivity index (χ3v) is 9.09. The van der Waals surface area contributed by atoms with Gasteiger partial charge >= 0.3 is 6.18 Å². The summed E-state index contributed by atoms with van der Waals surface area (Å²) in [6.45, 7) is 0.866. The molecule has 0 fully saturated rings. The van der Waals surface area contributed by atoms with E-state index in [0.717, 1.165) is 22.9 Å². The zero-order chi connectivity index (χ0) is 35.3. The fourth-order valence-corrected chi connectivity index (χ4v) is 6.19. The summed E-state index contributed by atoms with van der Waals surface area (Å²) in [7, 11) is 0. The lowest BCUT2D eigenvalue weighted by Crippen LogP contribution is -2.29. The van der Waals surface area contributed by atoms with Crippen LogP contribution in [0.25, 0.3) is 22.4 Å². The zero-order valence-electron chi connectivity index (χ0n) is 26.0. The van der Waals surface area contributed by atoms with E-state index in [1.165, 1.54) is 6.07 Å². The van der Waals surface area contributed by atoms with Crippen molar-refractivity contribution in [2.45, 2.75) is 31.7 Å². The minimum atomic E-state index is -4.63. The first kappa shape index (κ1) is 36.4. The molecule has 1 amide bonds. The second-order valence-electron chi connectivity index (χ2n) is 11.4. The van der Waals surface area contributed by atoms with Gasteiger partial charge in [-0.1, -0.05) is 53.0 Å². The molecule has 0 aliphatic carbocycles. The molecular formula is C35H33Cl3F3N5O3. The fourth-order valence-electron chi connectivity index (χ4n) is 5.65. The number of nitrogens with one attached hydrogen (secondary N) is 1. The Balaban J connectivity index is 1.56. The molecule has 0 aliphatic heterocycles. The highest BCUT2D eigenvalue weighted by atomic mass is 35.5. The van der Waals surface area contributed by atoms with Crippen molar-refractivity contribution in [1.82, 2.24) is 14.9 Å². The second kappa shape index (κ2) is 15.8. The number of anilines is 1. The Kier molecular flexibility index (Phi) is 11.7. The summed E-state index contributed by atoms with van der Waals surface area (Å²) in [6.07, 6.45) is -4.64. The van der Waals surface area contributed by atoms with Crippen molar-refractivity contribution in [2.24, 2.45) is 5.73 Å². The van der Waals surface area contributed by atoms with Crippen molar-refractivity contribution < 1.29 is 28.2 Å². The number of carbonyl (C=O) groups excluding carboxylic acids is 1. The highest BCUT2D eigenvalue weighted by molar-refractivity contribution is 6.42. The number of fused-ring (bicyclic) bond motifs is 1. The molecule has 1 heterocycles. The number of halogens is 6. The van der Waals surface area contributed by atoms with Gasteiger partial charge in [-0.25, -0.2) is 4.98 Å². The number of hydrogen-bond donors (Lipinski definition) is 4. The molecule has 4 aromatic carbocycles. The van der Waals surface area contributed by atoms with Crippen molar-refractivity contribution in [2.75, 3.05) is 31.2 Å². The molecule has 0 saturated carbocycles. The van der Waals surface area contributed by atoms with Crippen LogP contribution in [0.2, 0.25) is 15.1 Å². The Labute approximate surface area is 295 Å². The first-order chi connectivity index (χ1) is 23.4. The van der Waals surface area contributed by atoms with Gasteiger partial charge in [0.05, 0.1) is 44.9 Å². The van der Waals surface area contributed by atoms with Crippen LogP contribution in [0.4, 0.5) is 18.9 Å². The number of carbonyl (C=O) groups is 1. The van der Waals surface area contributed by atoms with E-state index in [9.17, 15) is 28.2 Å². The van der Waals surface area contributed by atoms with Crippen LogP contribution >= 0.6 is 34.8 Å². The molecule has 5 rings (SSSR count). The Morgan fingerprint density at radius 1 is 0.878 bits per heavy atom. The SMILES string of the molecule is NC(=O)CC(NCc1ccc(Cl)c(Cl)c1)c1ccc2c(c1)nc(-c1ccc(N(CCO)CCO)cc1)n2Cc1ccc(Cl)c(C(F)(F)F)c1. The van der Waals surface area contributed by atoms with Crippen LogP contribution in [0.5, 0.6) is 0 Å². The maximum atomic E-state index is 13.7. The lowest BCUT2D eigenvalue weighted by atomic mass is 10.0. The molecular weight excluding hydrogens is 702 g/mol. The van der Waals surface area contributed by atoms with Crippen LogP contribution in [0.1, 0.15) is 34.7 Å². The monoisotopic (exact) mass is 733 g/mol. The van der Waals surface area contributed by atoms with Gasteiger partial charge in [0.15, 0.2) is 0 Å². The first-order valence-corrected chi connectivity index (χ1v) is 16.4. The van der Waals surface area contributed by atoms with Gasteiger partial charge in [-0.15, -0.1) is 0 Å². The molecule has 0 spiro atoms. The minimum absolute atomic E-state index is 0.00890. The smallest absolute Gasteiger partial charge is 0.395 e. The predicted molar refractivity (Wildman–Crippen MR) is 187 cm³/mol. The number of aliphatic hydroxyl groups excluding tert-OH is 2. The number of benzene rings is 4. The van der Waals surface area contributed by atoms with Gasteiger partial charge in [0.1, 0.15) is 5.82 Å². The van der Waals surface area contributed by atoms with E-state index in [4.69, 9.17) is 45.5 Å². The predicted octanol–water partition coefficient (Wildman–Crippen LogP) is 7.23. The number of amides is 1. The average molecular weight is 735 g/mol. The van der Waals surface area contributed by atoms with E-state index in [2.05, 4.69) is 5.32 Å². The van der Waals surface area contributed by atoms with Crippen LogP contribution < -0.4 is 16.0 Å². The number of rotatable bonds is 14. The molecule has 8 nitrogen and oxygen atoms in total. The number of aromatic nitrogens is 2. The third kappa shape index (κ3) is 8.85. The van der Waals surface area contributed by atoms with Crippen LogP contribution in [0, 0.1) is 0 Å². The Morgan fingerprint density at radius 2 is 1.55 bits per heavy atom. The molecule has 1 unspecified atom stereocenters. The number of hydrogen-bond acceptors (Lipinski definition) is 6. The van der Waals surface area contributed by atoms with E-state index >= 15 is 0 Å². The highest BCUT2D eigenvalue weighted by Gasteiger charge is 2.33. The number of aliphatic hydroxyl groups is 2. The van der Waals surface area contributed by atoms with E-state index in [1.807, 2.05) is 58.0 Å². The Bertz CT molecular complexity index is 1930. The van der Waals surface area contributed by atoms with Gasteiger partial charge in [0.2, 0.25) is 5.91 Å². The number of imidazole rings is 1. The molecule has 0 radical (unpaired) electrons. The summed E-state index contributed by atoms with van der Waals surface area (Å²) in [5, 5.41) is 22.7. The number of primary amides is 1. The topological polar surface area (TPSA) is 117 Å². The summed E-state index contributed by atoms with van der Waals surface area (Å²) in [5.41, 5.74) is 9.28. The van der Waals surface area contributed by atoms with Gasteiger partial charge in [0, 0.05) is 49.9 Å². The lowest BCUT2D eigenvalue weighted by molar-refractivity contribution is -0.137. The molecule has 5 aromatic rings. The lowest BCUT2D eigenvalue weighted by Gasteiger charge is -2.23. The summed E-state index contributed by atoms with van der Waals surface area (Å²) in [4.78, 5) is 18.8. The van der Waals surface area contributed by atoms with Gasteiger partial charge in [-0.3, -0.25) is 4.79 Å². The van der Waals surface area contributed by atoms with Crippen molar-refractivity contribution in [1.29, 1.82) is 0 Å². The number of nitrogens with two attached hydrogens (primary N) is 1. The van der Waals surface area contributed by atoms with E-state index in [-0.39, 0.29) is 26.2 Å². The molecule has 49 heavy (non-hydrogen) atoms. The summed E-state index contributed by atoms with van der Waals surface area (Å²) in [5.74, 6) is -0.0222. The zero-order valence-corrected chi connectivity index (χ0v) is 28.3. The quantitative estimate of drug-likeness (QED) is 0.0958. The summed E-state index contributed by atoms with van der Waals surface area (Å²) < 4.78 is 43.1. The maximum Gasteiger partial charge on any atom is 0.417 e. The van der Waals surface area contributed by atoms with Crippen molar-refractivity contribution in [3.8, 4) is 11.4 Å².